The topological polar surface area (TPSA) is 67.5 Å². The smallest absolute Gasteiger partial charge is 0.312 e. The molecule has 0 radical (unpaired) electrons. The number of aromatic nitrogens is 3. The van der Waals surface area contributed by atoms with E-state index in [1.807, 2.05) is 0 Å². The van der Waals surface area contributed by atoms with Gasteiger partial charge in [-0.25, -0.2) is 13.9 Å². The number of rotatable bonds is 4. The molecule has 0 spiro atoms. The standard InChI is InChI=1S/C15H12FN3O2/c16-11-3-1-10(2-4-11)9-12(15(20)21)13-6-8-19-14(18-13)5-7-17-19/h1-8,12H,9H2,(H,20,21). The van der Waals surface area contributed by atoms with Crippen LogP contribution >= 0.6 is 0 Å². The van der Waals surface area contributed by atoms with Crippen LogP contribution in [0, 0.1) is 5.82 Å². The highest BCUT2D eigenvalue weighted by molar-refractivity contribution is 5.76. The fourth-order valence-corrected chi connectivity index (χ4v) is 2.20. The zero-order chi connectivity index (χ0) is 14.8. The number of benzene rings is 1. The quantitative estimate of drug-likeness (QED) is 0.798. The molecule has 106 valence electrons. The molecule has 2 aromatic heterocycles. The zero-order valence-corrected chi connectivity index (χ0v) is 11.0. The average Bonchev–Trinajstić information content (AvgIpc) is 2.93. The predicted molar refractivity (Wildman–Crippen MR) is 73.5 cm³/mol. The van der Waals surface area contributed by atoms with Crippen molar-refractivity contribution in [1.82, 2.24) is 14.6 Å². The third kappa shape index (κ3) is 2.74. The summed E-state index contributed by atoms with van der Waals surface area (Å²) in [5.41, 5.74) is 1.80. The molecule has 1 unspecified atom stereocenters. The maximum absolute atomic E-state index is 12.9. The van der Waals surface area contributed by atoms with E-state index in [-0.39, 0.29) is 12.2 Å². The van der Waals surface area contributed by atoms with Crippen LogP contribution in [0.1, 0.15) is 17.2 Å². The first-order valence-electron chi connectivity index (χ1n) is 6.41. The van der Waals surface area contributed by atoms with Crippen LogP contribution < -0.4 is 0 Å². The number of fused-ring (bicyclic) bond motifs is 1. The molecule has 0 saturated heterocycles. The summed E-state index contributed by atoms with van der Waals surface area (Å²) in [7, 11) is 0. The van der Waals surface area contributed by atoms with Crippen molar-refractivity contribution in [1.29, 1.82) is 0 Å². The molecule has 21 heavy (non-hydrogen) atoms. The Labute approximate surface area is 119 Å². The molecule has 3 aromatic rings. The highest BCUT2D eigenvalue weighted by atomic mass is 19.1. The maximum atomic E-state index is 12.9. The second-order valence-electron chi connectivity index (χ2n) is 4.71. The number of carboxylic acid groups (broad SMARTS) is 1. The highest BCUT2D eigenvalue weighted by Crippen LogP contribution is 2.20. The monoisotopic (exact) mass is 285 g/mol. The van der Waals surface area contributed by atoms with E-state index in [1.54, 1.807) is 41.2 Å². The molecule has 0 fully saturated rings. The van der Waals surface area contributed by atoms with Gasteiger partial charge in [-0.1, -0.05) is 12.1 Å². The summed E-state index contributed by atoms with van der Waals surface area (Å²) >= 11 is 0. The van der Waals surface area contributed by atoms with Gasteiger partial charge in [-0.05, 0) is 30.2 Å². The first-order valence-corrected chi connectivity index (χ1v) is 6.41. The molecule has 1 N–H and O–H groups in total. The Morgan fingerprint density at radius 1 is 1.24 bits per heavy atom. The number of carboxylic acids is 1. The van der Waals surface area contributed by atoms with Gasteiger partial charge < -0.3 is 5.11 Å². The van der Waals surface area contributed by atoms with E-state index >= 15 is 0 Å². The number of aliphatic carboxylic acids is 1. The Morgan fingerprint density at radius 2 is 2.00 bits per heavy atom. The van der Waals surface area contributed by atoms with Gasteiger partial charge in [0.15, 0.2) is 5.65 Å². The average molecular weight is 285 g/mol. The fraction of sp³-hybridized carbons (Fsp3) is 0.133. The van der Waals surface area contributed by atoms with Crippen molar-refractivity contribution in [3.63, 3.8) is 0 Å². The van der Waals surface area contributed by atoms with E-state index < -0.39 is 11.9 Å². The molecular weight excluding hydrogens is 273 g/mol. The second kappa shape index (κ2) is 5.32. The number of nitrogens with zero attached hydrogens (tertiary/aromatic N) is 3. The summed E-state index contributed by atoms with van der Waals surface area (Å²) in [6.07, 6.45) is 3.53. The minimum atomic E-state index is -0.962. The summed E-state index contributed by atoms with van der Waals surface area (Å²) < 4.78 is 14.5. The number of carbonyl (C=O) groups is 1. The third-order valence-corrected chi connectivity index (χ3v) is 3.29. The van der Waals surface area contributed by atoms with Gasteiger partial charge in [-0.2, -0.15) is 5.10 Å². The van der Waals surface area contributed by atoms with Gasteiger partial charge in [0.25, 0.3) is 0 Å². The molecular formula is C15H12FN3O2. The highest BCUT2D eigenvalue weighted by Gasteiger charge is 2.22. The Bertz CT molecular complexity index is 783. The van der Waals surface area contributed by atoms with Crippen LogP contribution in [0.3, 0.4) is 0 Å². The molecule has 0 aliphatic carbocycles. The van der Waals surface area contributed by atoms with Crippen molar-refractivity contribution in [2.45, 2.75) is 12.3 Å². The van der Waals surface area contributed by atoms with E-state index in [0.29, 0.717) is 11.3 Å². The van der Waals surface area contributed by atoms with Crippen molar-refractivity contribution in [3.05, 3.63) is 65.9 Å². The van der Waals surface area contributed by atoms with Gasteiger partial charge in [0.1, 0.15) is 11.7 Å². The Morgan fingerprint density at radius 3 is 2.71 bits per heavy atom. The van der Waals surface area contributed by atoms with Gasteiger partial charge in [0.05, 0.1) is 11.9 Å². The van der Waals surface area contributed by atoms with E-state index in [1.165, 1.54) is 12.1 Å². The van der Waals surface area contributed by atoms with Gasteiger partial charge in [0.2, 0.25) is 0 Å². The first-order chi connectivity index (χ1) is 10.1. The van der Waals surface area contributed by atoms with E-state index in [4.69, 9.17) is 0 Å². The Hall–Kier alpha value is -2.76. The van der Waals surface area contributed by atoms with Gasteiger partial charge in [-0.3, -0.25) is 4.79 Å². The van der Waals surface area contributed by atoms with Crippen LogP contribution in [-0.4, -0.2) is 25.7 Å². The molecule has 0 bridgehead atoms. The summed E-state index contributed by atoms with van der Waals surface area (Å²) in [6, 6.07) is 9.16. The lowest BCUT2D eigenvalue weighted by Crippen LogP contribution is -2.16. The molecule has 3 rings (SSSR count). The zero-order valence-electron chi connectivity index (χ0n) is 11.0. The van der Waals surface area contributed by atoms with E-state index in [9.17, 15) is 14.3 Å². The molecule has 0 saturated carbocycles. The number of halogens is 1. The molecule has 1 atom stereocenters. The van der Waals surface area contributed by atoms with E-state index in [0.717, 1.165) is 5.56 Å². The molecule has 6 heteroatoms. The van der Waals surface area contributed by atoms with Crippen LogP contribution in [0.25, 0.3) is 5.65 Å². The third-order valence-electron chi connectivity index (χ3n) is 3.29. The second-order valence-corrected chi connectivity index (χ2v) is 4.71. The maximum Gasteiger partial charge on any atom is 0.312 e. The molecule has 5 nitrogen and oxygen atoms in total. The lowest BCUT2D eigenvalue weighted by atomic mass is 9.96. The van der Waals surface area contributed by atoms with Crippen molar-refractivity contribution in [2.75, 3.05) is 0 Å². The number of hydrogen-bond donors (Lipinski definition) is 1. The molecule has 2 heterocycles. The summed E-state index contributed by atoms with van der Waals surface area (Å²) in [4.78, 5) is 15.8. The molecule has 0 amide bonds. The normalized spacial score (nSPS) is 12.4. The van der Waals surface area contributed by atoms with Crippen molar-refractivity contribution in [3.8, 4) is 0 Å². The van der Waals surface area contributed by atoms with Gasteiger partial charge >= 0.3 is 5.97 Å². The minimum absolute atomic E-state index is 0.257. The van der Waals surface area contributed by atoms with Gasteiger partial charge in [0, 0.05) is 12.3 Å². The predicted octanol–water partition coefficient (Wildman–Crippen LogP) is 2.28. The molecule has 1 aromatic carbocycles. The number of hydrogen-bond acceptors (Lipinski definition) is 3. The van der Waals surface area contributed by atoms with Crippen LogP contribution in [0.2, 0.25) is 0 Å². The Kier molecular flexibility index (Phi) is 3.35. The lowest BCUT2D eigenvalue weighted by molar-refractivity contribution is -0.138. The summed E-state index contributed by atoms with van der Waals surface area (Å²) in [6.45, 7) is 0. The van der Waals surface area contributed by atoms with Gasteiger partial charge in [-0.15, -0.1) is 0 Å². The fourth-order valence-electron chi connectivity index (χ4n) is 2.20. The van der Waals surface area contributed by atoms with Crippen LogP contribution in [0.15, 0.2) is 48.8 Å². The van der Waals surface area contributed by atoms with Crippen molar-refractivity contribution < 1.29 is 14.3 Å². The summed E-state index contributed by atoms with van der Waals surface area (Å²) in [5, 5.41) is 13.5. The van der Waals surface area contributed by atoms with Crippen molar-refractivity contribution in [2.24, 2.45) is 0 Å². The van der Waals surface area contributed by atoms with Crippen LogP contribution in [0.4, 0.5) is 4.39 Å². The Balaban J connectivity index is 1.93. The molecule has 0 aliphatic heterocycles. The first kappa shape index (κ1) is 13.2. The van der Waals surface area contributed by atoms with Crippen LogP contribution in [-0.2, 0) is 11.2 Å². The summed E-state index contributed by atoms with van der Waals surface area (Å²) in [5.74, 6) is -2.09. The van der Waals surface area contributed by atoms with Crippen LogP contribution in [0.5, 0.6) is 0 Å². The van der Waals surface area contributed by atoms with Crippen molar-refractivity contribution >= 4 is 11.6 Å². The van der Waals surface area contributed by atoms with E-state index in [2.05, 4.69) is 10.1 Å². The minimum Gasteiger partial charge on any atom is -0.481 e. The lowest BCUT2D eigenvalue weighted by Gasteiger charge is -2.12. The SMILES string of the molecule is O=C(O)C(Cc1ccc(F)cc1)c1ccn2nccc2n1. The molecule has 0 aliphatic rings. The largest absolute Gasteiger partial charge is 0.481 e.